The van der Waals surface area contributed by atoms with Gasteiger partial charge < -0.3 is 19.3 Å². The third kappa shape index (κ3) is 3.48. The molecule has 0 saturated carbocycles. The van der Waals surface area contributed by atoms with E-state index in [-0.39, 0.29) is 6.61 Å². The molecule has 3 aliphatic rings. The zero-order chi connectivity index (χ0) is 21.5. The molecule has 5 rings (SSSR count). The van der Waals surface area contributed by atoms with E-state index in [4.69, 9.17) is 14.2 Å². The van der Waals surface area contributed by atoms with E-state index >= 15 is 0 Å². The molecule has 0 radical (unpaired) electrons. The van der Waals surface area contributed by atoms with E-state index < -0.39 is 47.9 Å². The fraction of sp³-hybridized carbons (Fsp3) is 0.391. The largest absolute Gasteiger partial charge is 0.388 e. The number of hydrogen-bond acceptors (Lipinski definition) is 7. The number of benzene rings is 2. The lowest BCUT2D eigenvalue weighted by atomic mass is 9.95. The van der Waals surface area contributed by atoms with Crippen molar-refractivity contribution < 1.29 is 28.9 Å². The van der Waals surface area contributed by atoms with Crippen molar-refractivity contribution in [2.75, 3.05) is 12.4 Å². The number of imide groups is 1. The van der Waals surface area contributed by atoms with Gasteiger partial charge in [-0.1, -0.05) is 49.4 Å². The van der Waals surface area contributed by atoms with Crippen molar-refractivity contribution >= 4 is 23.6 Å². The van der Waals surface area contributed by atoms with Crippen molar-refractivity contribution in [2.45, 2.75) is 43.0 Å². The van der Waals surface area contributed by atoms with E-state index in [1.54, 1.807) is 24.3 Å². The number of aliphatic hydroxyl groups excluding tert-OH is 1. The van der Waals surface area contributed by atoms with Gasteiger partial charge in [-0.2, -0.15) is 0 Å². The zero-order valence-corrected chi connectivity index (χ0v) is 17.7. The summed E-state index contributed by atoms with van der Waals surface area (Å²) in [6, 6.07) is 15.3. The maximum Gasteiger partial charge on any atom is 0.262 e. The minimum absolute atomic E-state index is 0.247. The zero-order valence-electron chi connectivity index (χ0n) is 16.9. The molecular formula is C23H23NO6S. The van der Waals surface area contributed by atoms with Crippen LogP contribution in [0.15, 0.2) is 54.6 Å². The number of aliphatic hydroxyl groups is 1. The molecule has 2 fully saturated rings. The summed E-state index contributed by atoms with van der Waals surface area (Å²) in [5, 5.41) is 11.4. The number of ether oxygens (including phenoxy) is 3. The molecular weight excluding hydrogens is 418 g/mol. The molecule has 0 aromatic heterocycles. The Bertz CT molecular complexity index is 950. The molecule has 2 aromatic carbocycles. The second-order valence-electron chi connectivity index (χ2n) is 7.68. The van der Waals surface area contributed by atoms with E-state index in [9.17, 15) is 14.7 Å². The fourth-order valence-corrected chi connectivity index (χ4v) is 5.44. The molecule has 6 atom stereocenters. The molecule has 7 nitrogen and oxygen atoms in total. The molecule has 2 amide bonds. The summed E-state index contributed by atoms with van der Waals surface area (Å²) in [5.41, 5.74) is 0.939. The van der Waals surface area contributed by atoms with Gasteiger partial charge in [0.25, 0.3) is 11.8 Å². The van der Waals surface area contributed by atoms with Gasteiger partial charge in [0.1, 0.15) is 29.8 Å². The normalized spacial score (nSPS) is 32.6. The van der Waals surface area contributed by atoms with Gasteiger partial charge in [-0.05, 0) is 17.9 Å². The smallest absolute Gasteiger partial charge is 0.262 e. The van der Waals surface area contributed by atoms with Gasteiger partial charge in [-0.15, -0.1) is 11.8 Å². The molecule has 31 heavy (non-hydrogen) atoms. The van der Waals surface area contributed by atoms with E-state index in [1.165, 1.54) is 11.8 Å². The van der Waals surface area contributed by atoms with Gasteiger partial charge in [0.05, 0.1) is 17.7 Å². The number of carbonyl (C=O) groups is 2. The average molecular weight is 442 g/mol. The minimum Gasteiger partial charge on any atom is -0.388 e. The summed E-state index contributed by atoms with van der Waals surface area (Å²) >= 11 is 1.45. The molecule has 0 aliphatic carbocycles. The number of nitrogens with zero attached hydrogens (tertiary/aromatic N) is 1. The monoisotopic (exact) mass is 441 g/mol. The van der Waals surface area contributed by atoms with Crippen LogP contribution < -0.4 is 0 Å². The number of carbonyl (C=O) groups excluding carboxylic acids is 2. The Kier molecular flexibility index (Phi) is 5.58. The quantitative estimate of drug-likeness (QED) is 0.730. The van der Waals surface area contributed by atoms with Gasteiger partial charge in [0.2, 0.25) is 0 Å². The third-order valence-corrected chi connectivity index (χ3v) is 6.91. The summed E-state index contributed by atoms with van der Waals surface area (Å²) in [4.78, 5) is 27.4. The summed E-state index contributed by atoms with van der Waals surface area (Å²) in [7, 11) is 0. The molecule has 1 N–H and O–H groups in total. The molecule has 3 heterocycles. The highest BCUT2D eigenvalue weighted by Gasteiger charge is 2.55. The number of amides is 2. The lowest BCUT2D eigenvalue weighted by Gasteiger charge is -2.49. The molecule has 3 aliphatic heterocycles. The van der Waals surface area contributed by atoms with Crippen molar-refractivity contribution in [3.05, 3.63) is 71.3 Å². The van der Waals surface area contributed by atoms with Crippen LogP contribution in [0, 0.1) is 0 Å². The first-order valence-corrected chi connectivity index (χ1v) is 11.4. The van der Waals surface area contributed by atoms with Crippen LogP contribution in [0.1, 0.15) is 39.5 Å². The van der Waals surface area contributed by atoms with Gasteiger partial charge in [-0.3, -0.25) is 14.5 Å². The lowest BCUT2D eigenvalue weighted by molar-refractivity contribution is -0.310. The van der Waals surface area contributed by atoms with Crippen LogP contribution in [-0.4, -0.2) is 64.0 Å². The number of thioether (sulfide) groups is 1. The summed E-state index contributed by atoms with van der Waals surface area (Å²) in [5.74, 6) is -0.136. The second-order valence-corrected chi connectivity index (χ2v) is 9.06. The van der Waals surface area contributed by atoms with E-state index in [1.807, 2.05) is 37.3 Å². The van der Waals surface area contributed by atoms with E-state index in [0.717, 1.165) is 10.5 Å². The van der Waals surface area contributed by atoms with Crippen LogP contribution in [0.4, 0.5) is 0 Å². The first-order chi connectivity index (χ1) is 15.1. The van der Waals surface area contributed by atoms with Gasteiger partial charge >= 0.3 is 0 Å². The maximum absolute atomic E-state index is 13.1. The summed E-state index contributed by atoms with van der Waals surface area (Å²) < 4.78 is 18.2. The highest BCUT2D eigenvalue weighted by Crippen LogP contribution is 2.40. The van der Waals surface area contributed by atoms with Crippen molar-refractivity contribution in [3.8, 4) is 0 Å². The van der Waals surface area contributed by atoms with Crippen LogP contribution in [0.25, 0.3) is 0 Å². The predicted octanol–water partition coefficient (Wildman–Crippen LogP) is 2.60. The van der Waals surface area contributed by atoms with Gasteiger partial charge in [-0.25, -0.2) is 0 Å². The van der Waals surface area contributed by atoms with Crippen LogP contribution in [0.3, 0.4) is 0 Å². The van der Waals surface area contributed by atoms with E-state index in [2.05, 4.69) is 0 Å². The van der Waals surface area contributed by atoms with Crippen molar-refractivity contribution in [3.63, 3.8) is 0 Å². The minimum atomic E-state index is -1.11. The van der Waals surface area contributed by atoms with Crippen LogP contribution in [0.2, 0.25) is 0 Å². The molecule has 2 aromatic rings. The maximum atomic E-state index is 13.1. The number of rotatable bonds is 4. The highest BCUT2D eigenvalue weighted by atomic mass is 32.2. The lowest BCUT2D eigenvalue weighted by Crippen LogP contribution is -2.66. The first kappa shape index (κ1) is 20.7. The Morgan fingerprint density at radius 2 is 1.65 bits per heavy atom. The third-order valence-electron chi connectivity index (χ3n) is 5.86. The molecule has 162 valence electrons. The van der Waals surface area contributed by atoms with Crippen molar-refractivity contribution in [2.24, 2.45) is 0 Å². The summed E-state index contributed by atoms with van der Waals surface area (Å²) in [6.07, 6.45) is -2.99. The number of hydrogen-bond donors (Lipinski definition) is 1. The average Bonchev–Trinajstić information content (AvgIpc) is 3.05. The molecule has 2 saturated heterocycles. The molecule has 0 bridgehead atoms. The van der Waals surface area contributed by atoms with Gasteiger partial charge in [0.15, 0.2) is 6.29 Å². The van der Waals surface area contributed by atoms with Crippen LogP contribution >= 0.6 is 11.8 Å². The summed E-state index contributed by atoms with van der Waals surface area (Å²) in [6.45, 7) is 2.21. The standard InChI is InChI=1S/C23H23NO6S/c1-2-31-23-17(24-20(26)14-10-6-7-11-15(14)21(24)27)18(25)19-16(29-23)12-28-22(30-19)13-8-4-3-5-9-13/h3-11,16-19,22-23,25H,2,12H2,1H3/t16?,17-,18+,19+,22?,23?/m0/s1. The molecule has 3 unspecified atom stereocenters. The fourth-order valence-electron chi connectivity index (χ4n) is 4.41. The van der Waals surface area contributed by atoms with Crippen molar-refractivity contribution in [1.29, 1.82) is 0 Å². The number of fused-ring (bicyclic) bond motifs is 2. The Labute approximate surface area is 184 Å². The Morgan fingerprint density at radius 3 is 2.29 bits per heavy atom. The predicted molar refractivity (Wildman–Crippen MR) is 114 cm³/mol. The van der Waals surface area contributed by atoms with Crippen molar-refractivity contribution in [1.82, 2.24) is 4.90 Å². The van der Waals surface area contributed by atoms with Crippen LogP contribution in [-0.2, 0) is 14.2 Å². The SMILES string of the molecule is CCSC1OC2COC(c3ccccc3)O[C@H]2[C@H](O)[C@@H]1N1C(=O)c2ccccc2C1=O. The Morgan fingerprint density at radius 1 is 1.00 bits per heavy atom. The van der Waals surface area contributed by atoms with Gasteiger partial charge in [0, 0.05) is 5.56 Å². The highest BCUT2D eigenvalue weighted by molar-refractivity contribution is 7.99. The Hall–Kier alpha value is -2.23. The first-order valence-electron chi connectivity index (χ1n) is 10.3. The molecule has 8 heteroatoms. The van der Waals surface area contributed by atoms with E-state index in [0.29, 0.717) is 16.9 Å². The molecule has 0 spiro atoms. The second kappa shape index (κ2) is 8.37. The topological polar surface area (TPSA) is 85.3 Å². The van der Waals surface area contributed by atoms with Crippen LogP contribution in [0.5, 0.6) is 0 Å². The Balaban J connectivity index is 1.45.